The van der Waals surface area contributed by atoms with Crippen molar-refractivity contribution in [2.45, 2.75) is 75.2 Å². The van der Waals surface area contributed by atoms with E-state index in [1.54, 1.807) is 22.3 Å². The lowest BCUT2D eigenvalue weighted by Crippen LogP contribution is -2.79. The van der Waals surface area contributed by atoms with E-state index in [1.807, 2.05) is 42.8 Å². The first-order chi connectivity index (χ1) is 22.1. The molecule has 0 radical (unpaired) electrons. The van der Waals surface area contributed by atoms with Gasteiger partial charge in [-0.2, -0.15) is 0 Å². The molecule has 7 rings (SSSR count). The Bertz CT molecular complexity index is 1720. The lowest BCUT2D eigenvalue weighted by molar-refractivity contribution is -0.223. The Balaban J connectivity index is 1.31. The average Bonchev–Trinajstić information content (AvgIpc) is 3.60. The molecule has 2 bridgehead atoms. The quantitative estimate of drug-likeness (QED) is 0.163. The number of likely N-dealkylation sites (tertiary alicyclic amines) is 1. The number of amides is 1. The van der Waals surface area contributed by atoms with Crippen LogP contribution in [0, 0.1) is 0 Å². The Kier molecular flexibility index (Phi) is 8.10. The van der Waals surface area contributed by atoms with Crippen molar-refractivity contribution in [3.05, 3.63) is 86.0 Å². The molecule has 8 nitrogen and oxygen atoms in total. The second kappa shape index (κ2) is 12.0. The van der Waals surface area contributed by atoms with Crippen molar-refractivity contribution < 1.29 is 28.6 Å². The van der Waals surface area contributed by atoms with E-state index in [0.717, 1.165) is 40.0 Å². The standard InChI is InChI=1S/C36H37BrN2O6S/c1-22(40)43-29-11-9-25-19-30-36(45-23(2)41)15-13-28(38(3)31(42)12-10-27-20-26(37)21-46-27)34-35(36,32(25)33(29)44-34)16-18-39(30)17-14-24-7-5-4-6-8-24/h4-12,20-21,28,30,34H,13-19H2,1-3H3/b12-10+/t28-,30+,34-,35-,36+/m0/s1. The van der Waals surface area contributed by atoms with E-state index in [1.165, 1.54) is 19.4 Å². The molecule has 4 aliphatic rings. The summed E-state index contributed by atoms with van der Waals surface area (Å²) in [4.78, 5) is 44.1. The van der Waals surface area contributed by atoms with Crippen LogP contribution in [-0.4, -0.2) is 71.6 Å². The first-order valence-corrected chi connectivity index (χ1v) is 17.5. The minimum Gasteiger partial charge on any atom is -0.483 e. The molecular formula is C36H37BrN2O6S. The van der Waals surface area contributed by atoms with Gasteiger partial charge < -0.3 is 19.1 Å². The molecule has 1 spiro atoms. The molecule has 10 heteroatoms. The fourth-order valence-electron chi connectivity index (χ4n) is 8.70. The van der Waals surface area contributed by atoms with Crippen LogP contribution in [0.3, 0.4) is 0 Å². The van der Waals surface area contributed by atoms with Crippen molar-refractivity contribution in [1.82, 2.24) is 9.80 Å². The summed E-state index contributed by atoms with van der Waals surface area (Å²) in [6, 6.07) is 15.9. The Labute approximate surface area is 281 Å². The molecule has 2 fully saturated rings. The number of nitrogens with zero attached hydrogens (tertiary/aromatic N) is 2. The van der Waals surface area contributed by atoms with Gasteiger partial charge in [-0.25, -0.2) is 0 Å². The van der Waals surface area contributed by atoms with Crippen molar-refractivity contribution in [1.29, 1.82) is 0 Å². The maximum Gasteiger partial charge on any atom is 0.308 e. The molecule has 1 aromatic heterocycles. The van der Waals surface area contributed by atoms with Crippen LogP contribution in [0.2, 0.25) is 0 Å². The summed E-state index contributed by atoms with van der Waals surface area (Å²) < 4.78 is 20.2. The number of benzene rings is 2. The zero-order chi connectivity index (χ0) is 32.2. The van der Waals surface area contributed by atoms with Crippen molar-refractivity contribution >= 4 is 51.2 Å². The lowest BCUT2D eigenvalue weighted by atomic mass is 9.48. The third-order valence-electron chi connectivity index (χ3n) is 10.4. The number of ether oxygens (including phenoxy) is 3. The van der Waals surface area contributed by atoms with Crippen LogP contribution in [0.15, 0.2) is 64.5 Å². The number of piperidine rings is 1. The first-order valence-electron chi connectivity index (χ1n) is 15.8. The molecule has 5 atom stereocenters. The molecular weight excluding hydrogens is 668 g/mol. The summed E-state index contributed by atoms with van der Waals surface area (Å²) in [5.74, 6) is 0.0225. The Morgan fingerprint density at radius 3 is 2.65 bits per heavy atom. The molecule has 2 aliphatic carbocycles. The number of esters is 2. The van der Waals surface area contributed by atoms with Gasteiger partial charge in [-0.1, -0.05) is 36.4 Å². The SMILES string of the molecule is CC(=O)Oc1ccc2c3c1O[C@H]1[C@@H](N(C)C(=O)/C=C/c4cc(Br)cs4)CC[C@@]4(OC(C)=O)[C@@H](C2)N(CCc2ccccc2)CC[C@]314. The van der Waals surface area contributed by atoms with Gasteiger partial charge in [-0.3, -0.25) is 19.3 Å². The van der Waals surface area contributed by atoms with E-state index in [4.69, 9.17) is 14.2 Å². The number of halogens is 1. The van der Waals surface area contributed by atoms with Gasteiger partial charge in [0.2, 0.25) is 5.91 Å². The van der Waals surface area contributed by atoms with E-state index in [9.17, 15) is 14.4 Å². The zero-order valence-corrected chi connectivity index (χ0v) is 28.6. The number of rotatable bonds is 8. The number of hydrogen-bond acceptors (Lipinski definition) is 8. The minimum atomic E-state index is -0.870. The maximum absolute atomic E-state index is 13.7. The second-order valence-electron chi connectivity index (χ2n) is 12.8. The van der Waals surface area contributed by atoms with E-state index in [0.29, 0.717) is 37.2 Å². The molecule has 1 saturated carbocycles. The van der Waals surface area contributed by atoms with Crippen molar-refractivity contribution in [3.8, 4) is 11.5 Å². The van der Waals surface area contributed by atoms with Crippen molar-refractivity contribution in [2.75, 3.05) is 20.1 Å². The third kappa shape index (κ3) is 5.00. The highest BCUT2D eigenvalue weighted by atomic mass is 79.9. The number of likely N-dealkylation sites (N-methyl/N-ethyl adjacent to an activating group) is 1. The van der Waals surface area contributed by atoms with E-state index in [-0.39, 0.29) is 24.0 Å². The van der Waals surface area contributed by atoms with Gasteiger partial charge in [0, 0.05) is 53.8 Å². The molecule has 1 saturated heterocycles. The minimum absolute atomic E-state index is 0.0721. The van der Waals surface area contributed by atoms with Crippen LogP contribution in [0.4, 0.5) is 0 Å². The highest BCUT2D eigenvalue weighted by molar-refractivity contribution is 9.10. The van der Waals surface area contributed by atoms with Crippen LogP contribution >= 0.6 is 27.3 Å². The molecule has 3 aromatic rings. The molecule has 240 valence electrons. The van der Waals surface area contributed by atoms with Gasteiger partial charge in [0.15, 0.2) is 11.5 Å². The molecule has 46 heavy (non-hydrogen) atoms. The summed E-state index contributed by atoms with van der Waals surface area (Å²) in [5.41, 5.74) is 1.77. The molecule has 0 unspecified atom stereocenters. The van der Waals surface area contributed by atoms with Gasteiger partial charge in [0.25, 0.3) is 0 Å². The molecule has 2 aromatic carbocycles. The highest BCUT2D eigenvalue weighted by Crippen LogP contribution is 2.67. The van der Waals surface area contributed by atoms with Crippen molar-refractivity contribution in [3.63, 3.8) is 0 Å². The lowest BCUT2D eigenvalue weighted by Gasteiger charge is -2.65. The van der Waals surface area contributed by atoms with Gasteiger partial charge in [-0.15, -0.1) is 11.3 Å². The Morgan fingerprint density at radius 1 is 1.13 bits per heavy atom. The highest BCUT2D eigenvalue weighted by Gasteiger charge is 2.75. The van der Waals surface area contributed by atoms with Gasteiger partial charge in [0.05, 0.1) is 17.5 Å². The summed E-state index contributed by atoms with van der Waals surface area (Å²) in [7, 11) is 1.83. The molecule has 1 amide bonds. The summed E-state index contributed by atoms with van der Waals surface area (Å²) in [6.45, 7) is 4.49. The second-order valence-corrected chi connectivity index (χ2v) is 14.7. The molecule has 2 aliphatic heterocycles. The number of carbonyl (C=O) groups excluding carboxylic acids is 3. The fourth-order valence-corrected chi connectivity index (χ4v) is 10.0. The molecule has 0 N–H and O–H groups in total. The van der Waals surface area contributed by atoms with Crippen LogP contribution < -0.4 is 9.47 Å². The van der Waals surface area contributed by atoms with E-state index in [2.05, 4.69) is 45.1 Å². The van der Waals surface area contributed by atoms with Crippen LogP contribution in [0.5, 0.6) is 11.5 Å². The Morgan fingerprint density at radius 2 is 1.93 bits per heavy atom. The smallest absolute Gasteiger partial charge is 0.308 e. The number of carbonyl (C=O) groups is 3. The zero-order valence-electron chi connectivity index (χ0n) is 26.2. The van der Waals surface area contributed by atoms with Crippen LogP contribution in [0.25, 0.3) is 6.08 Å². The van der Waals surface area contributed by atoms with Gasteiger partial charge >= 0.3 is 11.9 Å². The van der Waals surface area contributed by atoms with E-state index < -0.39 is 23.1 Å². The summed E-state index contributed by atoms with van der Waals surface area (Å²) in [6.07, 6.45) is 6.37. The van der Waals surface area contributed by atoms with Crippen molar-refractivity contribution in [2.24, 2.45) is 0 Å². The van der Waals surface area contributed by atoms with Crippen LogP contribution in [0.1, 0.15) is 54.7 Å². The monoisotopic (exact) mass is 704 g/mol. The Hall–Kier alpha value is -3.47. The fraction of sp³-hybridized carbons (Fsp3) is 0.417. The van der Waals surface area contributed by atoms with Crippen LogP contribution in [-0.2, 0) is 37.4 Å². The average molecular weight is 706 g/mol. The normalized spacial score (nSPS) is 27.5. The third-order valence-corrected chi connectivity index (χ3v) is 12.1. The van der Waals surface area contributed by atoms with Gasteiger partial charge in [-0.05, 0) is 83.9 Å². The predicted molar refractivity (Wildman–Crippen MR) is 179 cm³/mol. The number of hydrogen-bond donors (Lipinski definition) is 0. The summed E-state index contributed by atoms with van der Waals surface area (Å²) >= 11 is 5.04. The largest absolute Gasteiger partial charge is 0.483 e. The predicted octanol–water partition coefficient (Wildman–Crippen LogP) is 5.94. The topological polar surface area (TPSA) is 85.4 Å². The number of thiophene rings is 1. The van der Waals surface area contributed by atoms with Gasteiger partial charge in [0.1, 0.15) is 11.7 Å². The maximum atomic E-state index is 13.7. The van der Waals surface area contributed by atoms with E-state index >= 15 is 0 Å². The molecule has 3 heterocycles. The first kappa shape index (κ1) is 31.1. The summed E-state index contributed by atoms with van der Waals surface area (Å²) in [5, 5.41) is 1.98.